The van der Waals surface area contributed by atoms with E-state index in [4.69, 9.17) is 16.3 Å². The van der Waals surface area contributed by atoms with E-state index >= 15 is 0 Å². The summed E-state index contributed by atoms with van der Waals surface area (Å²) in [6.45, 7) is 0.114. The quantitative estimate of drug-likeness (QED) is 0.741. The zero-order valence-corrected chi connectivity index (χ0v) is 12.5. The van der Waals surface area contributed by atoms with Crippen LogP contribution in [0.25, 0.3) is 11.4 Å². The molecule has 0 aliphatic heterocycles. The lowest BCUT2D eigenvalue weighted by Gasteiger charge is -2.04. The van der Waals surface area contributed by atoms with Crippen LogP contribution in [0.4, 0.5) is 4.39 Å². The summed E-state index contributed by atoms with van der Waals surface area (Å²) in [6.07, 6.45) is 0. The molecule has 0 saturated carbocycles. The molecule has 0 N–H and O–H groups in total. The summed E-state index contributed by atoms with van der Waals surface area (Å²) in [5.41, 5.74) is 1.10. The van der Waals surface area contributed by atoms with E-state index in [0.29, 0.717) is 22.2 Å². The molecule has 0 spiro atoms. The SMILES string of the molecule is COc1cccc(-c2nnn(Cc3c(F)cccc3Cl)n2)c1. The zero-order valence-electron chi connectivity index (χ0n) is 11.7. The van der Waals surface area contributed by atoms with Gasteiger partial charge in [0.1, 0.15) is 11.6 Å². The van der Waals surface area contributed by atoms with Gasteiger partial charge in [0.2, 0.25) is 5.82 Å². The zero-order chi connectivity index (χ0) is 15.5. The van der Waals surface area contributed by atoms with E-state index < -0.39 is 5.82 Å². The van der Waals surface area contributed by atoms with Crippen LogP contribution in [0, 0.1) is 5.82 Å². The smallest absolute Gasteiger partial charge is 0.205 e. The number of halogens is 2. The Morgan fingerprint density at radius 3 is 2.82 bits per heavy atom. The minimum absolute atomic E-state index is 0.114. The van der Waals surface area contributed by atoms with E-state index in [0.717, 1.165) is 5.56 Å². The molecule has 3 aromatic rings. The van der Waals surface area contributed by atoms with Gasteiger partial charge in [0.15, 0.2) is 0 Å². The predicted octanol–water partition coefficient (Wildman–Crippen LogP) is 3.19. The lowest BCUT2D eigenvalue weighted by Crippen LogP contribution is -2.06. The molecule has 0 aliphatic carbocycles. The van der Waals surface area contributed by atoms with Crippen LogP contribution in [-0.2, 0) is 6.54 Å². The number of benzene rings is 2. The van der Waals surface area contributed by atoms with Crippen LogP contribution in [0.5, 0.6) is 5.75 Å². The normalized spacial score (nSPS) is 10.7. The van der Waals surface area contributed by atoms with E-state index in [1.165, 1.54) is 10.9 Å². The Balaban J connectivity index is 1.88. The van der Waals surface area contributed by atoms with Crippen LogP contribution in [0.2, 0.25) is 5.02 Å². The predicted molar refractivity (Wildman–Crippen MR) is 80.3 cm³/mol. The van der Waals surface area contributed by atoms with E-state index in [9.17, 15) is 4.39 Å². The topological polar surface area (TPSA) is 52.8 Å². The third kappa shape index (κ3) is 2.92. The van der Waals surface area contributed by atoms with Crippen LogP contribution < -0.4 is 4.74 Å². The Morgan fingerprint density at radius 1 is 1.23 bits per heavy atom. The van der Waals surface area contributed by atoms with E-state index in [1.54, 1.807) is 25.3 Å². The van der Waals surface area contributed by atoms with Crippen molar-refractivity contribution >= 4 is 11.6 Å². The molecule has 0 aliphatic rings. The molecule has 112 valence electrons. The Morgan fingerprint density at radius 2 is 2.05 bits per heavy atom. The molecule has 3 rings (SSSR count). The van der Waals surface area contributed by atoms with Crippen molar-refractivity contribution in [1.29, 1.82) is 0 Å². The summed E-state index contributed by atoms with van der Waals surface area (Å²) in [7, 11) is 1.59. The average molecular weight is 319 g/mol. The molecular formula is C15H12ClFN4O. The fourth-order valence-electron chi connectivity index (χ4n) is 2.01. The lowest BCUT2D eigenvalue weighted by atomic mass is 10.2. The van der Waals surface area contributed by atoms with Crippen molar-refractivity contribution in [3.8, 4) is 17.1 Å². The van der Waals surface area contributed by atoms with Gasteiger partial charge in [-0.05, 0) is 29.5 Å². The van der Waals surface area contributed by atoms with Gasteiger partial charge in [0.05, 0.1) is 13.7 Å². The molecule has 2 aromatic carbocycles. The number of nitrogens with zero attached hydrogens (tertiary/aromatic N) is 4. The average Bonchev–Trinajstić information content (AvgIpc) is 3.00. The largest absolute Gasteiger partial charge is 0.497 e. The molecule has 0 radical (unpaired) electrons. The maximum absolute atomic E-state index is 13.8. The highest BCUT2D eigenvalue weighted by Gasteiger charge is 2.11. The van der Waals surface area contributed by atoms with E-state index in [2.05, 4.69) is 15.4 Å². The molecule has 5 nitrogen and oxygen atoms in total. The number of tetrazole rings is 1. The molecule has 0 fully saturated rings. The molecule has 1 heterocycles. The molecule has 0 bridgehead atoms. The van der Waals surface area contributed by atoms with E-state index in [-0.39, 0.29) is 6.54 Å². The maximum atomic E-state index is 13.8. The first-order valence-electron chi connectivity index (χ1n) is 6.52. The number of rotatable bonds is 4. The van der Waals surface area contributed by atoms with Gasteiger partial charge in [0.25, 0.3) is 0 Å². The lowest BCUT2D eigenvalue weighted by molar-refractivity contribution is 0.415. The first-order valence-corrected chi connectivity index (χ1v) is 6.90. The number of hydrogen-bond donors (Lipinski definition) is 0. The highest BCUT2D eigenvalue weighted by atomic mass is 35.5. The highest BCUT2D eigenvalue weighted by Crippen LogP contribution is 2.22. The van der Waals surface area contributed by atoms with E-state index in [1.807, 2.05) is 18.2 Å². The molecule has 0 unspecified atom stereocenters. The van der Waals surface area contributed by atoms with Crippen molar-refractivity contribution in [3.63, 3.8) is 0 Å². The van der Waals surface area contributed by atoms with Crippen LogP contribution in [0.3, 0.4) is 0 Å². The summed E-state index contributed by atoms with van der Waals surface area (Å²) < 4.78 is 18.9. The van der Waals surface area contributed by atoms with Gasteiger partial charge < -0.3 is 4.74 Å². The van der Waals surface area contributed by atoms with Gasteiger partial charge in [0, 0.05) is 16.1 Å². The van der Waals surface area contributed by atoms with Crippen molar-refractivity contribution in [2.24, 2.45) is 0 Å². The second kappa shape index (κ2) is 6.11. The Bertz CT molecular complexity index is 785. The minimum atomic E-state index is -0.396. The fourth-order valence-corrected chi connectivity index (χ4v) is 2.24. The van der Waals surface area contributed by atoms with Crippen molar-refractivity contribution in [2.45, 2.75) is 6.54 Å². The second-order valence-electron chi connectivity index (χ2n) is 4.58. The summed E-state index contributed by atoms with van der Waals surface area (Å²) >= 11 is 6.00. The molecular weight excluding hydrogens is 307 g/mol. The van der Waals surface area contributed by atoms with Gasteiger partial charge in [-0.1, -0.05) is 29.8 Å². The highest BCUT2D eigenvalue weighted by molar-refractivity contribution is 6.31. The van der Waals surface area contributed by atoms with Crippen molar-refractivity contribution in [2.75, 3.05) is 7.11 Å². The monoisotopic (exact) mass is 318 g/mol. The van der Waals surface area contributed by atoms with Crippen LogP contribution in [0.1, 0.15) is 5.56 Å². The standard InChI is InChI=1S/C15H12ClFN4O/c1-22-11-5-2-4-10(8-11)15-18-20-21(19-15)9-12-13(16)6-3-7-14(12)17/h2-8H,9H2,1H3. The van der Waals surface area contributed by atoms with Gasteiger partial charge >= 0.3 is 0 Å². The van der Waals surface area contributed by atoms with Crippen LogP contribution in [-0.4, -0.2) is 27.3 Å². The van der Waals surface area contributed by atoms with Gasteiger partial charge in [-0.3, -0.25) is 0 Å². The first kappa shape index (κ1) is 14.5. The van der Waals surface area contributed by atoms with Crippen LogP contribution in [0.15, 0.2) is 42.5 Å². The van der Waals surface area contributed by atoms with Crippen molar-refractivity contribution in [3.05, 3.63) is 58.9 Å². The number of ether oxygens (including phenoxy) is 1. The second-order valence-corrected chi connectivity index (χ2v) is 4.98. The minimum Gasteiger partial charge on any atom is -0.497 e. The number of hydrogen-bond acceptors (Lipinski definition) is 4. The Labute approximate surface area is 131 Å². The summed E-state index contributed by atoms with van der Waals surface area (Å²) in [5, 5.41) is 12.5. The molecule has 22 heavy (non-hydrogen) atoms. The number of aromatic nitrogens is 4. The molecule has 0 atom stereocenters. The van der Waals surface area contributed by atoms with Gasteiger partial charge in [-0.15, -0.1) is 10.2 Å². The van der Waals surface area contributed by atoms with Crippen molar-refractivity contribution < 1.29 is 9.13 Å². The van der Waals surface area contributed by atoms with Crippen LogP contribution >= 0.6 is 11.6 Å². The molecule has 1 aromatic heterocycles. The number of methoxy groups -OCH3 is 1. The molecule has 0 amide bonds. The van der Waals surface area contributed by atoms with Gasteiger partial charge in [-0.25, -0.2) is 4.39 Å². The Kier molecular flexibility index (Phi) is 4.02. The third-order valence-electron chi connectivity index (χ3n) is 3.14. The maximum Gasteiger partial charge on any atom is 0.205 e. The fraction of sp³-hybridized carbons (Fsp3) is 0.133. The third-order valence-corrected chi connectivity index (χ3v) is 3.50. The Hall–Kier alpha value is -2.47. The first-order chi connectivity index (χ1) is 10.7. The summed E-state index contributed by atoms with van der Waals surface area (Å²) in [6, 6.07) is 11.8. The van der Waals surface area contributed by atoms with Crippen molar-refractivity contribution in [1.82, 2.24) is 20.2 Å². The molecule has 0 saturated heterocycles. The summed E-state index contributed by atoms with van der Waals surface area (Å²) in [4.78, 5) is 1.30. The summed E-state index contributed by atoms with van der Waals surface area (Å²) in [5.74, 6) is 0.741. The molecule has 7 heteroatoms. The van der Waals surface area contributed by atoms with Gasteiger partial charge in [-0.2, -0.15) is 4.80 Å².